The second-order valence-corrected chi connectivity index (χ2v) is 8.04. The molecule has 108 valence electrons. The van der Waals surface area contributed by atoms with E-state index in [9.17, 15) is 12.6 Å². The molecule has 20 heavy (non-hydrogen) atoms. The number of nitrogens with zero attached hydrogens (tertiary/aromatic N) is 1. The summed E-state index contributed by atoms with van der Waals surface area (Å²) in [6, 6.07) is 9.87. The Labute approximate surface area is 120 Å². The highest BCUT2D eigenvalue weighted by Crippen LogP contribution is 2.11. The molecule has 1 heterocycles. The van der Waals surface area contributed by atoms with Crippen molar-refractivity contribution in [2.75, 3.05) is 11.5 Å². The Morgan fingerprint density at radius 2 is 1.95 bits per heavy atom. The molecule has 0 unspecified atom stereocenters. The van der Waals surface area contributed by atoms with Crippen LogP contribution in [-0.4, -0.2) is 29.3 Å². The minimum atomic E-state index is -3.38. The first-order valence-electron chi connectivity index (χ1n) is 6.02. The van der Waals surface area contributed by atoms with Crippen LogP contribution in [0.3, 0.4) is 0 Å². The lowest BCUT2D eigenvalue weighted by Gasteiger charge is -2.03. The summed E-state index contributed by atoms with van der Waals surface area (Å²) in [7, 11) is -4.67. The zero-order valence-corrected chi connectivity index (χ0v) is 12.6. The summed E-state index contributed by atoms with van der Waals surface area (Å²) in [4.78, 5) is 0.257. The maximum Gasteiger partial charge on any atom is 0.179 e. The molecule has 1 atom stereocenters. The van der Waals surface area contributed by atoms with Crippen molar-refractivity contribution >= 4 is 20.6 Å². The van der Waals surface area contributed by atoms with Crippen LogP contribution in [-0.2, 0) is 26.4 Å². The predicted molar refractivity (Wildman–Crippen MR) is 76.4 cm³/mol. The second-order valence-electron chi connectivity index (χ2n) is 4.35. The number of sulfone groups is 1. The Hall–Kier alpha value is -1.47. The topological polar surface area (TPSA) is 77.2 Å². The molecule has 0 aliphatic carbocycles. The van der Waals surface area contributed by atoms with Crippen molar-refractivity contribution < 1.29 is 17.1 Å². The Morgan fingerprint density at radius 3 is 2.55 bits per heavy atom. The maximum atomic E-state index is 12.0. The van der Waals surface area contributed by atoms with E-state index in [1.165, 1.54) is 12.1 Å². The van der Waals surface area contributed by atoms with E-state index in [0.717, 1.165) is 0 Å². The first-order valence-corrected chi connectivity index (χ1v) is 9.16. The number of rotatable bonds is 6. The molecule has 0 saturated heterocycles. The third kappa shape index (κ3) is 4.01. The molecule has 0 N–H and O–H groups in total. The zero-order valence-electron chi connectivity index (χ0n) is 11.0. The van der Waals surface area contributed by atoms with Gasteiger partial charge in [-0.2, -0.15) is 0 Å². The Bertz CT molecular complexity index is 692. The van der Waals surface area contributed by atoms with E-state index in [1.54, 1.807) is 31.2 Å². The lowest BCUT2D eigenvalue weighted by molar-refractivity contribution is 0.390. The van der Waals surface area contributed by atoms with Gasteiger partial charge in [0.2, 0.25) is 0 Å². The van der Waals surface area contributed by atoms with Gasteiger partial charge in [-0.05, 0) is 19.1 Å². The monoisotopic (exact) mass is 313 g/mol. The molecule has 1 aromatic heterocycles. The fraction of sp³-hybridized carbons (Fsp3) is 0.308. The second kappa shape index (κ2) is 6.32. The first-order chi connectivity index (χ1) is 9.47. The van der Waals surface area contributed by atoms with Crippen molar-refractivity contribution in [1.29, 1.82) is 0 Å². The highest BCUT2D eigenvalue weighted by Gasteiger charge is 2.16. The minimum absolute atomic E-state index is 0.0803. The van der Waals surface area contributed by atoms with E-state index >= 15 is 0 Å². The van der Waals surface area contributed by atoms with Gasteiger partial charge in [0.1, 0.15) is 5.76 Å². The summed E-state index contributed by atoms with van der Waals surface area (Å²) in [5.41, 5.74) is 0.717. The molecule has 7 heteroatoms. The maximum absolute atomic E-state index is 12.0. The van der Waals surface area contributed by atoms with E-state index in [1.807, 2.05) is 0 Å². The van der Waals surface area contributed by atoms with Gasteiger partial charge in [-0.3, -0.25) is 4.21 Å². The van der Waals surface area contributed by atoms with Crippen LogP contribution in [0.1, 0.15) is 11.5 Å². The number of aryl methyl sites for hydroxylation is 1. The Balaban J connectivity index is 1.93. The molecule has 0 aliphatic rings. The van der Waals surface area contributed by atoms with Gasteiger partial charge in [-0.15, -0.1) is 0 Å². The molecule has 0 aliphatic heterocycles. The lowest BCUT2D eigenvalue weighted by atomic mass is 10.4. The summed E-state index contributed by atoms with van der Waals surface area (Å²) in [6.07, 6.45) is 0. The fourth-order valence-corrected chi connectivity index (χ4v) is 4.69. The molecule has 0 amide bonds. The van der Waals surface area contributed by atoms with Gasteiger partial charge in [0.15, 0.2) is 9.84 Å². The third-order valence-electron chi connectivity index (χ3n) is 2.66. The van der Waals surface area contributed by atoms with E-state index < -0.39 is 20.6 Å². The van der Waals surface area contributed by atoms with Crippen molar-refractivity contribution in [2.45, 2.75) is 17.6 Å². The highest BCUT2D eigenvalue weighted by molar-refractivity contribution is 7.93. The van der Waals surface area contributed by atoms with Crippen molar-refractivity contribution in [1.82, 2.24) is 5.16 Å². The molecule has 0 spiro atoms. The van der Waals surface area contributed by atoms with E-state index in [-0.39, 0.29) is 22.2 Å². The molecule has 1 aromatic carbocycles. The molecule has 5 nitrogen and oxygen atoms in total. The van der Waals surface area contributed by atoms with Gasteiger partial charge in [-0.1, -0.05) is 23.4 Å². The van der Waals surface area contributed by atoms with Gasteiger partial charge in [0, 0.05) is 22.6 Å². The first kappa shape index (κ1) is 14.9. The fourth-order valence-electron chi connectivity index (χ4n) is 1.66. The minimum Gasteiger partial charge on any atom is -0.360 e. The summed E-state index contributed by atoms with van der Waals surface area (Å²) in [5.74, 6) is 0.636. The van der Waals surface area contributed by atoms with Gasteiger partial charge in [0.05, 0.1) is 22.1 Å². The Morgan fingerprint density at radius 1 is 1.25 bits per heavy atom. The average molecular weight is 313 g/mol. The van der Waals surface area contributed by atoms with Crippen molar-refractivity contribution in [2.24, 2.45) is 0 Å². The predicted octanol–water partition coefficient (Wildman–Crippen LogP) is 1.71. The quantitative estimate of drug-likeness (QED) is 0.811. The number of hydrogen-bond donors (Lipinski definition) is 0. The molecule has 0 bridgehead atoms. The standard InChI is InChI=1S/C13H15NO4S2/c1-11-9-12(18-14-11)10-19(15)7-8-20(16,17)13-5-3-2-4-6-13/h2-6,9H,7-8,10H2,1H3/t19-/m1/s1. The van der Waals surface area contributed by atoms with E-state index in [0.29, 0.717) is 11.5 Å². The molecular weight excluding hydrogens is 298 g/mol. The normalized spacial score (nSPS) is 13.2. The van der Waals surface area contributed by atoms with Crippen LogP contribution in [0, 0.1) is 6.92 Å². The lowest BCUT2D eigenvalue weighted by Crippen LogP contribution is -2.14. The van der Waals surface area contributed by atoms with Gasteiger partial charge >= 0.3 is 0 Å². The average Bonchev–Trinajstić information content (AvgIpc) is 2.83. The highest BCUT2D eigenvalue weighted by atomic mass is 32.2. The molecule has 0 saturated carbocycles. The van der Waals surface area contributed by atoms with Crippen LogP contribution in [0.25, 0.3) is 0 Å². The van der Waals surface area contributed by atoms with Crippen LogP contribution in [0.4, 0.5) is 0 Å². The molecular formula is C13H15NO4S2. The zero-order chi connectivity index (χ0) is 14.6. The van der Waals surface area contributed by atoms with Crippen LogP contribution in [0.2, 0.25) is 0 Å². The van der Waals surface area contributed by atoms with E-state index in [2.05, 4.69) is 5.16 Å². The van der Waals surface area contributed by atoms with Crippen LogP contribution < -0.4 is 0 Å². The van der Waals surface area contributed by atoms with Crippen molar-refractivity contribution in [3.63, 3.8) is 0 Å². The third-order valence-corrected chi connectivity index (χ3v) is 5.92. The molecule has 2 rings (SSSR count). The summed E-state index contributed by atoms with van der Waals surface area (Å²) in [5, 5.41) is 3.70. The number of hydrogen-bond acceptors (Lipinski definition) is 5. The molecule has 0 fully saturated rings. The largest absolute Gasteiger partial charge is 0.360 e. The number of aromatic nitrogens is 1. The smallest absolute Gasteiger partial charge is 0.179 e. The summed E-state index contributed by atoms with van der Waals surface area (Å²) < 4.78 is 40.9. The SMILES string of the molecule is Cc1cc(C[S@](=O)CCS(=O)(=O)c2ccccc2)on1. The van der Waals surface area contributed by atoms with Gasteiger partial charge in [-0.25, -0.2) is 8.42 Å². The van der Waals surface area contributed by atoms with Gasteiger partial charge in [0.25, 0.3) is 0 Å². The van der Waals surface area contributed by atoms with Crippen LogP contribution >= 0.6 is 0 Å². The summed E-state index contributed by atoms with van der Waals surface area (Å²) >= 11 is 0. The van der Waals surface area contributed by atoms with Gasteiger partial charge < -0.3 is 4.52 Å². The Kier molecular flexibility index (Phi) is 4.72. The number of benzene rings is 1. The summed E-state index contributed by atoms with van der Waals surface area (Å²) in [6.45, 7) is 1.77. The van der Waals surface area contributed by atoms with Crippen molar-refractivity contribution in [3.05, 3.63) is 47.9 Å². The van der Waals surface area contributed by atoms with Crippen LogP contribution in [0.5, 0.6) is 0 Å². The molecule has 0 radical (unpaired) electrons. The van der Waals surface area contributed by atoms with Crippen molar-refractivity contribution in [3.8, 4) is 0 Å². The van der Waals surface area contributed by atoms with E-state index in [4.69, 9.17) is 4.52 Å². The molecule has 2 aromatic rings. The van der Waals surface area contributed by atoms with Crippen LogP contribution in [0.15, 0.2) is 45.8 Å².